The van der Waals surface area contributed by atoms with E-state index in [-0.39, 0.29) is 54.9 Å². The highest BCUT2D eigenvalue weighted by Gasteiger charge is 2.35. The first-order valence-electron chi connectivity index (χ1n) is 13.7. The number of rotatable bonds is 14. The van der Waals surface area contributed by atoms with Gasteiger partial charge in [0.2, 0.25) is 17.7 Å². The van der Waals surface area contributed by atoms with Crippen LogP contribution in [0.2, 0.25) is 0 Å². The molecule has 39 heavy (non-hydrogen) atoms. The molecule has 0 saturated carbocycles. The number of benzene rings is 1. The van der Waals surface area contributed by atoms with Crippen molar-refractivity contribution in [2.24, 2.45) is 11.8 Å². The molecule has 1 aromatic carbocycles. The molecular weight excluding hydrogens is 496 g/mol. The molecule has 0 aliphatic carbocycles. The van der Waals surface area contributed by atoms with Crippen molar-refractivity contribution in [1.82, 2.24) is 30.8 Å². The Morgan fingerprint density at radius 3 is 2.33 bits per heavy atom. The van der Waals surface area contributed by atoms with E-state index in [1.54, 1.807) is 12.5 Å². The molecule has 1 saturated heterocycles. The lowest BCUT2D eigenvalue weighted by Crippen LogP contribution is -2.52. The van der Waals surface area contributed by atoms with Crippen LogP contribution in [0.5, 0.6) is 0 Å². The number of aromatic nitrogens is 2. The van der Waals surface area contributed by atoms with Crippen LogP contribution < -0.4 is 16.0 Å². The van der Waals surface area contributed by atoms with Crippen LogP contribution in [0.1, 0.15) is 51.8 Å². The largest absolute Gasteiger partial charge is 0.352 e. The molecule has 212 valence electrons. The molecule has 1 aliphatic heterocycles. The second-order valence-electron chi connectivity index (χ2n) is 11.3. The molecule has 0 bridgehead atoms. The number of imidazole rings is 1. The number of amides is 3. The Bertz CT molecular complexity index is 1090. The van der Waals surface area contributed by atoms with Crippen molar-refractivity contribution in [1.29, 1.82) is 0 Å². The number of Topliss-reactive ketones (excluding diaryl/α,β-unsaturated/α-hetero) is 1. The molecule has 1 unspecified atom stereocenters. The fraction of sp³-hybridized carbons (Fsp3) is 0.552. The van der Waals surface area contributed by atoms with E-state index in [1.165, 1.54) is 0 Å². The predicted molar refractivity (Wildman–Crippen MR) is 149 cm³/mol. The van der Waals surface area contributed by atoms with E-state index in [1.807, 2.05) is 49.1 Å². The lowest BCUT2D eigenvalue weighted by atomic mass is 10.0. The van der Waals surface area contributed by atoms with Gasteiger partial charge in [-0.2, -0.15) is 0 Å². The molecular formula is C29H42N6O4. The van der Waals surface area contributed by atoms with Crippen LogP contribution in [-0.2, 0) is 32.0 Å². The molecule has 10 heteroatoms. The third-order valence-corrected chi connectivity index (χ3v) is 6.60. The summed E-state index contributed by atoms with van der Waals surface area (Å²) in [7, 11) is 0. The van der Waals surface area contributed by atoms with Gasteiger partial charge < -0.3 is 20.9 Å². The van der Waals surface area contributed by atoms with Crippen LogP contribution in [0.4, 0.5) is 0 Å². The van der Waals surface area contributed by atoms with E-state index in [4.69, 9.17) is 0 Å². The fourth-order valence-electron chi connectivity index (χ4n) is 4.92. The minimum absolute atomic E-state index is 0.0747. The molecule has 10 nitrogen and oxygen atoms in total. The number of nitrogens with one attached hydrogen (secondary N) is 4. The van der Waals surface area contributed by atoms with Crippen molar-refractivity contribution in [3.63, 3.8) is 0 Å². The fourth-order valence-corrected chi connectivity index (χ4v) is 4.92. The Morgan fingerprint density at radius 1 is 1.00 bits per heavy atom. The van der Waals surface area contributed by atoms with Crippen LogP contribution >= 0.6 is 0 Å². The third kappa shape index (κ3) is 10.3. The summed E-state index contributed by atoms with van der Waals surface area (Å²) in [6.07, 6.45) is 4.79. The smallest absolute Gasteiger partial charge is 0.243 e. The minimum Gasteiger partial charge on any atom is -0.352 e. The molecule has 1 aromatic heterocycles. The van der Waals surface area contributed by atoms with E-state index in [0.717, 1.165) is 17.7 Å². The number of H-pyrrole nitrogens is 1. The van der Waals surface area contributed by atoms with Gasteiger partial charge in [-0.25, -0.2) is 4.98 Å². The van der Waals surface area contributed by atoms with Crippen LogP contribution in [0.25, 0.3) is 0 Å². The highest BCUT2D eigenvalue weighted by atomic mass is 16.2. The van der Waals surface area contributed by atoms with Gasteiger partial charge in [-0.15, -0.1) is 0 Å². The molecule has 1 aliphatic rings. The summed E-state index contributed by atoms with van der Waals surface area (Å²) in [6.45, 7) is 9.23. The number of hydrogen-bond donors (Lipinski definition) is 4. The molecule has 3 rings (SSSR count). The summed E-state index contributed by atoms with van der Waals surface area (Å²) >= 11 is 0. The Labute approximate surface area is 230 Å². The van der Waals surface area contributed by atoms with Crippen LogP contribution in [-0.4, -0.2) is 76.1 Å². The number of likely N-dealkylation sites (tertiary alicyclic amines) is 1. The summed E-state index contributed by atoms with van der Waals surface area (Å²) in [4.78, 5) is 60.1. The van der Waals surface area contributed by atoms with Gasteiger partial charge >= 0.3 is 0 Å². The minimum atomic E-state index is -0.724. The Hall–Kier alpha value is -3.53. The van der Waals surface area contributed by atoms with Gasteiger partial charge in [0.1, 0.15) is 12.1 Å². The monoisotopic (exact) mass is 538 g/mol. The maximum Gasteiger partial charge on any atom is 0.243 e. The molecule has 0 radical (unpaired) electrons. The van der Waals surface area contributed by atoms with E-state index in [0.29, 0.717) is 25.4 Å². The number of carbonyl (C=O) groups excluding carboxylic acids is 4. The standard InChI is InChI=1S/C29H42N6O4/c1-19(2)10-23(32-28(38)13-22-14-30-18-31-22)15-35-16-25(26(36)17-35)34-29(39)24(11-20(3)4)33-27(37)12-21-8-6-5-7-9-21/h5-9,14,18-20,23-25H,10-13,15-17H2,1-4H3,(H,30,31)(H,32,38)(H,33,37)(H,34,39)/t23-,24+,25?/m1/s1. The second kappa shape index (κ2) is 14.6. The topological polar surface area (TPSA) is 136 Å². The summed E-state index contributed by atoms with van der Waals surface area (Å²) in [5.74, 6) is -0.235. The van der Waals surface area contributed by atoms with Gasteiger partial charge in [0.15, 0.2) is 5.78 Å². The molecule has 1 fully saturated rings. The zero-order valence-electron chi connectivity index (χ0n) is 23.4. The Kier molecular flexibility index (Phi) is 11.2. The van der Waals surface area contributed by atoms with E-state index >= 15 is 0 Å². The average molecular weight is 539 g/mol. The van der Waals surface area contributed by atoms with Gasteiger partial charge in [-0.05, 0) is 30.2 Å². The number of ketones is 1. The molecule has 0 spiro atoms. The predicted octanol–water partition coefficient (Wildman–Crippen LogP) is 1.63. The molecule has 2 aromatic rings. The van der Waals surface area contributed by atoms with Crippen molar-refractivity contribution >= 4 is 23.5 Å². The highest BCUT2D eigenvalue weighted by Crippen LogP contribution is 2.13. The van der Waals surface area contributed by atoms with Crippen molar-refractivity contribution in [2.75, 3.05) is 19.6 Å². The Morgan fingerprint density at radius 2 is 1.69 bits per heavy atom. The molecule has 4 N–H and O–H groups in total. The van der Waals surface area contributed by atoms with Gasteiger partial charge in [-0.3, -0.25) is 24.1 Å². The molecule has 3 amide bonds. The maximum absolute atomic E-state index is 13.2. The first kappa shape index (κ1) is 30.0. The maximum atomic E-state index is 13.2. The van der Waals surface area contributed by atoms with Crippen molar-refractivity contribution in [2.45, 2.75) is 71.5 Å². The normalized spacial score (nSPS) is 17.3. The lowest BCUT2D eigenvalue weighted by Gasteiger charge is -2.26. The number of carbonyl (C=O) groups is 4. The number of hydrogen-bond acceptors (Lipinski definition) is 6. The zero-order valence-corrected chi connectivity index (χ0v) is 23.4. The molecule has 2 heterocycles. The van der Waals surface area contributed by atoms with Gasteiger partial charge in [0.25, 0.3) is 0 Å². The van der Waals surface area contributed by atoms with E-state index in [9.17, 15) is 19.2 Å². The third-order valence-electron chi connectivity index (χ3n) is 6.60. The summed E-state index contributed by atoms with van der Waals surface area (Å²) in [5.41, 5.74) is 1.61. The Balaban J connectivity index is 1.55. The lowest BCUT2D eigenvalue weighted by molar-refractivity contribution is -0.130. The van der Waals surface area contributed by atoms with Crippen molar-refractivity contribution in [3.05, 3.63) is 54.1 Å². The number of aromatic amines is 1. The van der Waals surface area contributed by atoms with Gasteiger partial charge in [-0.1, -0.05) is 58.0 Å². The molecule has 3 atom stereocenters. The first-order valence-corrected chi connectivity index (χ1v) is 13.7. The van der Waals surface area contributed by atoms with Crippen LogP contribution in [0.15, 0.2) is 42.9 Å². The summed E-state index contributed by atoms with van der Waals surface area (Å²) in [5, 5.41) is 8.82. The zero-order chi connectivity index (χ0) is 28.4. The summed E-state index contributed by atoms with van der Waals surface area (Å²) in [6, 6.07) is 7.86. The van der Waals surface area contributed by atoms with Gasteiger partial charge in [0.05, 0.1) is 25.7 Å². The van der Waals surface area contributed by atoms with Crippen LogP contribution in [0.3, 0.4) is 0 Å². The average Bonchev–Trinajstić information content (AvgIpc) is 3.47. The van der Waals surface area contributed by atoms with Crippen LogP contribution in [0, 0.1) is 11.8 Å². The second-order valence-corrected chi connectivity index (χ2v) is 11.3. The van der Waals surface area contributed by atoms with E-state index < -0.39 is 12.1 Å². The van der Waals surface area contributed by atoms with Crippen molar-refractivity contribution in [3.8, 4) is 0 Å². The quantitative estimate of drug-likeness (QED) is 0.289. The first-order chi connectivity index (χ1) is 18.6. The van der Waals surface area contributed by atoms with E-state index in [2.05, 4.69) is 39.8 Å². The van der Waals surface area contributed by atoms with Crippen molar-refractivity contribution < 1.29 is 19.2 Å². The SMILES string of the molecule is CC(C)C[C@H](CN1CC(=O)C(NC(=O)[C@H](CC(C)C)NC(=O)Cc2ccccc2)C1)NC(=O)Cc1cnc[nH]1. The highest BCUT2D eigenvalue weighted by molar-refractivity contribution is 5.95. The summed E-state index contributed by atoms with van der Waals surface area (Å²) < 4.78 is 0. The van der Waals surface area contributed by atoms with Gasteiger partial charge in [0, 0.05) is 31.0 Å². The number of nitrogens with zero attached hydrogens (tertiary/aromatic N) is 2.